The van der Waals surface area contributed by atoms with Gasteiger partial charge in [-0.2, -0.15) is 0 Å². The van der Waals surface area contributed by atoms with Crippen molar-refractivity contribution in [2.24, 2.45) is 5.84 Å². The Hall–Kier alpha value is -2.14. The lowest BCUT2D eigenvalue weighted by molar-refractivity contribution is 0.416. The van der Waals surface area contributed by atoms with Gasteiger partial charge >= 0.3 is 0 Å². The van der Waals surface area contributed by atoms with Crippen LogP contribution in [0.25, 0.3) is 11.4 Å². The lowest BCUT2D eigenvalue weighted by Gasteiger charge is -2.09. The van der Waals surface area contributed by atoms with E-state index in [2.05, 4.69) is 15.4 Å². The fourth-order valence-corrected chi connectivity index (χ4v) is 1.55. The predicted octanol–water partition coefficient (Wildman–Crippen LogP) is 1.75. The molecule has 17 heavy (non-hydrogen) atoms. The number of nitrogen functional groups attached to an aromatic ring is 1. The Labute approximate surface area is 99.6 Å². The maximum atomic E-state index is 5.32. The van der Waals surface area contributed by atoms with Crippen molar-refractivity contribution >= 4 is 5.82 Å². The van der Waals surface area contributed by atoms with Gasteiger partial charge in [-0.05, 0) is 24.6 Å². The summed E-state index contributed by atoms with van der Waals surface area (Å²) in [6, 6.07) is 7.57. The van der Waals surface area contributed by atoms with Gasteiger partial charge in [-0.1, -0.05) is 6.07 Å². The van der Waals surface area contributed by atoms with E-state index in [4.69, 9.17) is 10.6 Å². The van der Waals surface area contributed by atoms with Gasteiger partial charge in [0.25, 0.3) is 0 Å². The first-order valence-electron chi connectivity index (χ1n) is 5.19. The van der Waals surface area contributed by atoms with Crippen molar-refractivity contribution in [2.45, 2.75) is 6.92 Å². The molecule has 0 atom stereocenters. The molecule has 0 spiro atoms. The van der Waals surface area contributed by atoms with Gasteiger partial charge in [-0.3, -0.25) is 0 Å². The Morgan fingerprint density at radius 2 is 2.12 bits per heavy atom. The Morgan fingerprint density at radius 3 is 2.82 bits per heavy atom. The number of anilines is 1. The molecule has 0 saturated heterocycles. The molecule has 0 amide bonds. The average molecular weight is 230 g/mol. The minimum Gasteiger partial charge on any atom is -0.496 e. The van der Waals surface area contributed by atoms with E-state index in [0.717, 1.165) is 16.9 Å². The minimum absolute atomic E-state index is 0.567. The highest BCUT2D eigenvalue weighted by atomic mass is 16.5. The molecule has 2 aromatic rings. The summed E-state index contributed by atoms with van der Waals surface area (Å²) >= 11 is 0. The monoisotopic (exact) mass is 230 g/mol. The van der Waals surface area contributed by atoms with Crippen molar-refractivity contribution in [1.29, 1.82) is 0 Å². The molecule has 0 aliphatic rings. The third-order valence-electron chi connectivity index (χ3n) is 2.40. The number of rotatable bonds is 3. The topological polar surface area (TPSA) is 73.1 Å². The van der Waals surface area contributed by atoms with Crippen LogP contribution in [-0.2, 0) is 0 Å². The Bertz CT molecular complexity index is 528. The maximum absolute atomic E-state index is 5.32. The second kappa shape index (κ2) is 4.80. The molecule has 0 aliphatic carbocycles. The van der Waals surface area contributed by atoms with Crippen LogP contribution < -0.4 is 16.0 Å². The van der Waals surface area contributed by atoms with Gasteiger partial charge in [0.05, 0.1) is 12.7 Å². The van der Waals surface area contributed by atoms with E-state index in [1.165, 1.54) is 0 Å². The van der Waals surface area contributed by atoms with Crippen LogP contribution in [0.2, 0.25) is 0 Å². The first-order valence-corrected chi connectivity index (χ1v) is 5.19. The van der Waals surface area contributed by atoms with E-state index in [9.17, 15) is 0 Å². The van der Waals surface area contributed by atoms with E-state index in [0.29, 0.717) is 11.6 Å². The molecule has 0 radical (unpaired) electrons. The second-order valence-electron chi connectivity index (χ2n) is 3.61. The molecule has 5 nitrogen and oxygen atoms in total. The molecular formula is C12H14N4O. The van der Waals surface area contributed by atoms with Crippen molar-refractivity contribution in [3.8, 4) is 17.1 Å². The van der Waals surface area contributed by atoms with Crippen molar-refractivity contribution in [3.05, 3.63) is 36.0 Å². The number of hydrazine groups is 1. The van der Waals surface area contributed by atoms with Gasteiger partial charge in [0.15, 0.2) is 5.82 Å². The standard InChI is InChI=1S/C12H14N4O/c1-8-3-4-9(10(7-8)17-2)12-14-6-5-11(15-12)16-13/h3-7H,13H2,1-2H3,(H,14,15,16). The molecule has 1 heterocycles. The fraction of sp³-hybridized carbons (Fsp3) is 0.167. The van der Waals surface area contributed by atoms with Gasteiger partial charge < -0.3 is 10.2 Å². The summed E-state index contributed by atoms with van der Waals surface area (Å²) in [7, 11) is 1.63. The van der Waals surface area contributed by atoms with Crippen LogP contribution >= 0.6 is 0 Å². The zero-order valence-corrected chi connectivity index (χ0v) is 9.77. The number of nitrogens with two attached hydrogens (primary N) is 1. The minimum atomic E-state index is 0.567. The van der Waals surface area contributed by atoms with Gasteiger partial charge in [0, 0.05) is 12.3 Å². The molecule has 0 saturated carbocycles. The number of hydrogen-bond donors (Lipinski definition) is 2. The van der Waals surface area contributed by atoms with Gasteiger partial charge in [0.1, 0.15) is 11.6 Å². The molecule has 5 heteroatoms. The number of ether oxygens (including phenoxy) is 1. The lowest BCUT2D eigenvalue weighted by Crippen LogP contribution is -2.09. The molecule has 2 rings (SSSR count). The zero-order chi connectivity index (χ0) is 12.3. The molecule has 0 bridgehead atoms. The zero-order valence-electron chi connectivity index (χ0n) is 9.77. The molecular weight excluding hydrogens is 216 g/mol. The molecule has 0 fully saturated rings. The van der Waals surface area contributed by atoms with Crippen LogP contribution in [0.3, 0.4) is 0 Å². The van der Waals surface area contributed by atoms with E-state index < -0.39 is 0 Å². The van der Waals surface area contributed by atoms with Gasteiger partial charge in [-0.25, -0.2) is 15.8 Å². The van der Waals surface area contributed by atoms with Crippen molar-refractivity contribution in [1.82, 2.24) is 9.97 Å². The largest absolute Gasteiger partial charge is 0.496 e. The van der Waals surface area contributed by atoms with Crippen molar-refractivity contribution in [2.75, 3.05) is 12.5 Å². The number of nitrogens with one attached hydrogen (secondary N) is 1. The summed E-state index contributed by atoms with van der Waals surface area (Å²) in [5, 5.41) is 0. The SMILES string of the molecule is COc1cc(C)ccc1-c1nccc(NN)n1. The van der Waals surface area contributed by atoms with Crippen LogP contribution in [0.5, 0.6) is 5.75 Å². The van der Waals surface area contributed by atoms with Gasteiger partial charge in [0.2, 0.25) is 0 Å². The molecule has 0 aliphatic heterocycles. The second-order valence-corrected chi connectivity index (χ2v) is 3.61. The van der Waals surface area contributed by atoms with Crippen LogP contribution in [0.15, 0.2) is 30.5 Å². The number of hydrogen-bond acceptors (Lipinski definition) is 5. The number of aromatic nitrogens is 2. The van der Waals surface area contributed by atoms with Gasteiger partial charge in [-0.15, -0.1) is 0 Å². The third kappa shape index (κ3) is 2.34. The van der Waals surface area contributed by atoms with Crippen molar-refractivity contribution in [3.63, 3.8) is 0 Å². The maximum Gasteiger partial charge on any atom is 0.165 e. The van der Waals surface area contributed by atoms with E-state index in [-0.39, 0.29) is 0 Å². The van der Waals surface area contributed by atoms with Crippen LogP contribution in [0.4, 0.5) is 5.82 Å². The van der Waals surface area contributed by atoms with E-state index in [1.54, 1.807) is 19.4 Å². The summed E-state index contributed by atoms with van der Waals surface area (Å²) in [5.74, 6) is 7.22. The summed E-state index contributed by atoms with van der Waals surface area (Å²) in [4.78, 5) is 8.48. The normalized spacial score (nSPS) is 10.1. The van der Waals surface area contributed by atoms with E-state index in [1.807, 2.05) is 25.1 Å². The first kappa shape index (κ1) is 11.3. The molecule has 3 N–H and O–H groups in total. The van der Waals surface area contributed by atoms with Crippen LogP contribution in [-0.4, -0.2) is 17.1 Å². The Balaban J connectivity index is 2.51. The highest BCUT2D eigenvalue weighted by Gasteiger charge is 2.09. The predicted molar refractivity (Wildman–Crippen MR) is 66.6 cm³/mol. The quantitative estimate of drug-likeness (QED) is 0.620. The fourth-order valence-electron chi connectivity index (χ4n) is 1.55. The highest BCUT2D eigenvalue weighted by molar-refractivity contribution is 5.65. The Kier molecular flexibility index (Phi) is 3.20. The number of methoxy groups -OCH3 is 1. The summed E-state index contributed by atoms with van der Waals surface area (Å²) in [6.07, 6.45) is 1.65. The number of nitrogens with zero attached hydrogens (tertiary/aromatic N) is 2. The van der Waals surface area contributed by atoms with Crippen LogP contribution in [0.1, 0.15) is 5.56 Å². The molecule has 0 unspecified atom stereocenters. The molecule has 88 valence electrons. The Morgan fingerprint density at radius 1 is 1.29 bits per heavy atom. The first-order chi connectivity index (χ1) is 8.24. The third-order valence-corrected chi connectivity index (χ3v) is 2.40. The number of aryl methyl sites for hydroxylation is 1. The smallest absolute Gasteiger partial charge is 0.165 e. The molecule has 1 aromatic carbocycles. The lowest BCUT2D eigenvalue weighted by atomic mass is 10.1. The highest BCUT2D eigenvalue weighted by Crippen LogP contribution is 2.28. The van der Waals surface area contributed by atoms with Crippen molar-refractivity contribution < 1.29 is 4.74 Å². The van der Waals surface area contributed by atoms with E-state index >= 15 is 0 Å². The molecule has 1 aromatic heterocycles. The average Bonchev–Trinajstić information content (AvgIpc) is 2.38. The number of benzene rings is 1. The summed E-state index contributed by atoms with van der Waals surface area (Å²) in [6.45, 7) is 2.00. The summed E-state index contributed by atoms with van der Waals surface area (Å²) in [5.41, 5.74) is 4.46. The summed E-state index contributed by atoms with van der Waals surface area (Å²) < 4.78 is 5.32. The van der Waals surface area contributed by atoms with Crippen LogP contribution in [0, 0.1) is 6.92 Å².